The molecule has 3 heteroatoms. The van der Waals surface area contributed by atoms with Crippen molar-refractivity contribution in [2.24, 2.45) is 5.92 Å². The highest BCUT2D eigenvalue weighted by Gasteiger charge is 2.27. The first kappa shape index (κ1) is 10.9. The van der Waals surface area contributed by atoms with Crippen molar-refractivity contribution in [3.8, 4) is 0 Å². The Kier molecular flexibility index (Phi) is 3.62. The predicted molar refractivity (Wildman–Crippen MR) is 60.6 cm³/mol. The molecule has 1 unspecified atom stereocenters. The minimum Gasteiger partial charge on any atom is -0.341 e. The van der Waals surface area contributed by atoms with Crippen molar-refractivity contribution in [2.75, 3.05) is 20.1 Å². The molecule has 0 aromatic rings. The zero-order valence-corrected chi connectivity index (χ0v) is 9.67. The van der Waals surface area contributed by atoms with Crippen LogP contribution in [0.15, 0.2) is 0 Å². The van der Waals surface area contributed by atoms with Crippen LogP contribution in [0.5, 0.6) is 0 Å². The van der Waals surface area contributed by atoms with Gasteiger partial charge in [-0.1, -0.05) is 12.8 Å². The highest BCUT2D eigenvalue weighted by Crippen LogP contribution is 2.28. The Labute approximate surface area is 92.2 Å². The number of likely N-dealkylation sites (N-methyl/N-ethyl adjacent to an activating group) is 1. The van der Waals surface area contributed by atoms with Crippen molar-refractivity contribution in [2.45, 2.75) is 44.6 Å². The molecule has 2 rings (SSSR count). The fourth-order valence-electron chi connectivity index (χ4n) is 2.81. The van der Waals surface area contributed by atoms with Crippen LogP contribution in [-0.2, 0) is 4.79 Å². The van der Waals surface area contributed by atoms with Crippen LogP contribution in [0.1, 0.15) is 38.5 Å². The van der Waals surface area contributed by atoms with E-state index in [1.165, 1.54) is 25.7 Å². The Balaban J connectivity index is 1.76. The van der Waals surface area contributed by atoms with Gasteiger partial charge < -0.3 is 10.2 Å². The van der Waals surface area contributed by atoms with Crippen molar-refractivity contribution in [3.05, 3.63) is 0 Å². The van der Waals surface area contributed by atoms with Crippen molar-refractivity contribution < 1.29 is 4.79 Å². The van der Waals surface area contributed by atoms with Crippen LogP contribution in [0.3, 0.4) is 0 Å². The largest absolute Gasteiger partial charge is 0.341 e. The fraction of sp³-hybridized carbons (Fsp3) is 0.917. The Bertz CT molecular complexity index is 224. The molecular weight excluding hydrogens is 188 g/mol. The second-order valence-electron chi connectivity index (χ2n) is 4.97. The zero-order valence-electron chi connectivity index (χ0n) is 9.67. The minimum absolute atomic E-state index is 0.389. The third-order valence-corrected chi connectivity index (χ3v) is 3.89. The quantitative estimate of drug-likeness (QED) is 0.763. The molecule has 0 radical (unpaired) electrons. The third kappa shape index (κ3) is 2.71. The number of rotatable bonds is 3. The van der Waals surface area contributed by atoms with Gasteiger partial charge in [0.15, 0.2) is 0 Å². The number of hydrogen-bond acceptors (Lipinski definition) is 2. The summed E-state index contributed by atoms with van der Waals surface area (Å²) in [5.41, 5.74) is 0. The number of nitrogens with zero attached hydrogens (tertiary/aromatic N) is 1. The molecule has 0 aromatic carbocycles. The van der Waals surface area contributed by atoms with Gasteiger partial charge in [-0.05, 0) is 32.2 Å². The lowest BCUT2D eigenvalue weighted by atomic mass is 10.0. The zero-order chi connectivity index (χ0) is 10.7. The molecule has 1 saturated carbocycles. The topological polar surface area (TPSA) is 32.3 Å². The molecule has 1 N–H and O–H groups in total. The summed E-state index contributed by atoms with van der Waals surface area (Å²) < 4.78 is 0. The molecule has 2 fully saturated rings. The molecule has 0 aromatic heterocycles. The first-order valence-electron chi connectivity index (χ1n) is 6.24. The van der Waals surface area contributed by atoms with Gasteiger partial charge >= 0.3 is 0 Å². The second-order valence-corrected chi connectivity index (χ2v) is 4.97. The SMILES string of the molecule is CNC1CCN(C(=O)CC2CCCC2)C1. The molecule has 2 aliphatic rings. The third-order valence-electron chi connectivity index (χ3n) is 3.89. The molecule has 1 amide bonds. The van der Waals surface area contributed by atoms with Crippen molar-refractivity contribution in [3.63, 3.8) is 0 Å². The lowest BCUT2D eigenvalue weighted by Gasteiger charge is -2.18. The summed E-state index contributed by atoms with van der Waals surface area (Å²) in [6, 6.07) is 0.525. The number of hydrogen-bond donors (Lipinski definition) is 1. The molecule has 1 atom stereocenters. The number of carbonyl (C=O) groups excluding carboxylic acids is 1. The number of carbonyl (C=O) groups is 1. The normalized spacial score (nSPS) is 27.5. The van der Waals surface area contributed by atoms with Crippen LogP contribution < -0.4 is 5.32 Å². The fourth-order valence-corrected chi connectivity index (χ4v) is 2.81. The second kappa shape index (κ2) is 4.97. The first-order valence-corrected chi connectivity index (χ1v) is 6.24. The van der Waals surface area contributed by atoms with Crippen LogP contribution in [0.25, 0.3) is 0 Å². The van der Waals surface area contributed by atoms with Gasteiger partial charge in [-0.3, -0.25) is 4.79 Å². The Morgan fingerprint density at radius 3 is 2.67 bits per heavy atom. The van der Waals surface area contributed by atoms with E-state index < -0.39 is 0 Å². The lowest BCUT2D eigenvalue weighted by Crippen LogP contribution is -2.34. The van der Waals surface area contributed by atoms with E-state index in [0.29, 0.717) is 17.9 Å². The first-order chi connectivity index (χ1) is 7.29. The van der Waals surface area contributed by atoms with Crippen LogP contribution in [-0.4, -0.2) is 37.0 Å². The van der Waals surface area contributed by atoms with E-state index in [0.717, 1.165) is 25.9 Å². The lowest BCUT2D eigenvalue weighted by molar-refractivity contribution is -0.131. The number of likely N-dealkylation sites (tertiary alicyclic amines) is 1. The Hall–Kier alpha value is -0.570. The minimum atomic E-state index is 0.389. The standard InChI is InChI=1S/C12H22N2O/c1-13-11-6-7-14(9-11)12(15)8-10-4-2-3-5-10/h10-11,13H,2-9H2,1H3. The molecule has 0 bridgehead atoms. The van der Waals surface area contributed by atoms with Gasteiger partial charge in [-0.2, -0.15) is 0 Å². The molecule has 0 spiro atoms. The number of nitrogens with one attached hydrogen (secondary N) is 1. The summed E-state index contributed by atoms with van der Waals surface area (Å²) in [5, 5.41) is 3.25. The average Bonchev–Trinajstić information content (AvgIpc) is 2.86. The summed E-state index contributed by atoms with van der Waals surface area (Å²) in [6.45, 7) is 1.87. The van der Waals surface area contributed by atoms with Crippen LogP contribution in [0, 0.1) is 5.92 Å². The van der Waals surface area contributed by atoms with Crippen LogP contribution >= 0.6 is 0 Å². The highest BCUT2D eigenvalue weighted by atomic mass is 16.2. The van der Waals surface area contributed by atoms with Gasteiger partial charge in [0.25, 0.3) is 0 Å². The molecule has 1 heterocycles. The molecular formula is C12H22N2O. The molecule has 3 nitrogen and oxygen atoms in total. The summed E-state index contributed by atoms with van der Waals surface area (Å²) >= 11 is 0. The van der Waals surface area contributed by atoms with Gasteiger partial charge in [-0.15, -0.1) is 0 Å². The Morgan fingerprint density at radius 2 is 2.07 bits per heavy atom. The molecule has 1 aliphatic heterocycles. The van der Waals surface area contributed by atoms with E-state index in [2.05, 4.69) is 5.32 Å². The Morgan fingerprint density at radius 1 is 1.33 bits per heavy atom. The summed E-state index contributed by atoms with van der Waals surface area (Å²) in [6.07, 6.45) is 7.13. The van der Waals surface area contributed by atoms with E-state index >= 15 is 0 Å². The van der Waals surface area contributed by atoms with Crippen LogP contribution in [0.2, 0.25) is 0 Å². The van der Waals surface area contributed by atoms with Crippen molar-refractivity contribution >= 4 is 5.91 Å². The van der Waals surface area contributed by atoms with Gasteiger partial charge in [-0.25, -0.2) is 0 Å². The van der Waals surface area contributed by atoms with Crippen molar-refractivity contribution in [1.29, 1.82) is 0 Å². The van der Waals surface area contributed by atoms with Gasteiger partial charge in [0, 0.05) is 25.6 Å². The molecule has 1 saturated heterocycles. The molecule has 1 aliphatic carbocycles. The van der Waals surface area contributed by atoms with Crippen molar-refractivity contribution in [1.82, 2.24) is 10.2 Å². The summed E-state index contributed by atoms with van der Waals surface area (Å²) in [5.74, 6) is 1.07. The highest BCUT2D eigenvalue weighted by molar-refractivity contribution is 5.76. The average molecular weight is 210 g/mol. The maximum Gasteiger partial charge on any atom is 0.222 e. The maximum atomic E-state index is 12.0. The van der Waals surface area contributed by atoms with Gasteiger partial charge in [0.2, 0.25) is 5.91 Å². The van der Waals surface area contributed by atoms with Gasteiger partial charge in [0.1, 0.15) is 0 Å². The van der Waals surface area contributed by atoms with Crippen LogP contribution in [0.4, 0.5) is 0 Å². The summed E-state index contributed by atoms with van der Waals surface area (Å²) in [7, 11) is 1.98. The van der Waals surface area contributed by atoms with E-state index in [4.69, 9.17) is 0 Å². The number of amides is 1. The molecule has 15 heavy (non-hydrogen) atoms. The molecule has 86 valence electrons. The maximum absolute atomic E-state index is 12.0. The van der Waals surface area contributed by atoms with Gasteiger partial charge in [0.05, 0.1) is 0 Å². The van der Waals surface area contributed by atoms with E-state index in [-0.39, 0.29) is 0 Å². The van der Waals surface area contributed by atoms with E-state index in [1.54, 1.807) is 0 Å². The van der Waals surface area contributed by atoms with E-state index in [1.807, 2.05) is 11.9 Å². The van der Waals surface area contributed by atoms with E-state index in [9.17, 15) is 4.79 Å². The summed E-state index contributed by atoms with van der Waals surface area (Å²) in [4.78, 5) is 14.0. The monoisotopic (exact) mass is 210 g/mol. The smallest absolute Gasteiger partial charge is 0.222 e. The predicted octanol–water partition coefficient (Wildman–Crippen LogP) is 1.39.